The van der Waals surface area contributed by atoms with Gasteiger partial charge in [0.1, 0.15) is 11.8 Å². The lowest BCUT2D eigenvalue weighted by Crippen LogP contribution is -2.52. The van der Waals surface area contributed by atoms with Crippen molar-refractivity contribution in [2.75, 3.05) is 32.9 Å². The van der Waals surface area contributed by atoms with Gasteiger partial charge in [-0.3, -0.25) is 29.3 Å². The molecule has 5 aliphatic heterocycles. The normalized spacial score (nSPS) is 23.2. The molecule has 0 saturated carbocycles. The van der Waals surface area contributed by atoms with Crippen molar-refractivity contribution >= 4 is 17.7 Å². The Bertz CT molecular complexity index is 1620. The second-order valence-corrected chi connectivity index (χ2v) is 12.8. The predicted molar refractivity (Wildman–Crippen MR) is 156 cm³/mol. The Labute approximate surface area is 249 Å². The Balaban J connectivity index is 0.934. The maximum Gasteiger partial charge on any atom is 0.255 e. The fourth-order valence-electron chi connectivity index (χ4n) is 7.41. The molecule has 10 heteroatoms. The lowest BCUT2D eigenvalue weighted by atomic mass is 9.74. The summed E-state index contributed by atoms with van der Waals surface area (Å²) in [7, 11) is 0. The molecule has 0 aliphatic carbocycles. The molecule has 222 valence electrons. The highest BCUT2D eigenvalue weighted by molar-refractivity contribution is 6.05. The van der Waals surface area contributed by atoms with Crippen LogP contribution in [0.3, 0.4) is 0 Å². The summed E-state index contributed by atoms with van der Waals surface area (Å²) in [6, 6.07) is 12.1. The maximum absolute atomic E-state index is 13.3. The molecule has 1 atom stereocenters. The second-order valence-electron chi connectivity index (χ2n) is 12.8. The summed E-state index contributed by atoms with van der Waals surface area (Å²) in [6.07, 6.45) is 6.66. The van der Waals surface area contributed by atoms with Crippen LogP contribution in [-0.4, -0.2) is 76.3 Å². The van der Waals surface area contributed by atoms with Gasteiger partial charge in [-0.2, -0.15) is 5.10 Å². The number of hydrogen-bond acceptors (Lipinski definition) is 7. The summed E-state index contributed by atoms with van der Waals surface area (Å²) < 4.78 is 13.7. The van der Waals surface area contributed by atoms with Gasteiger partial charge in [0, 0.05) is 59.3 Å². The summed E-state index contributed by atoms with van der Waals surface area (Å²) in [6.45, 7) is 6.33. The fraction of sp³-hybridized carbons (Fsp3) is 0.455. The molecule has 5 aliphatic rings. The largest absolute Gasteiger partial charge is 0.492 e. The van der Waals surface area contributed by atoms with Gasteiger partial charge in [0.25, 0.3) is 5.91 Å². The average Bonchev–Trinajstić information content (AvgIpc) is 3.69. The van der Waals surface area contributed by atoms with Gasteiger partial charge >= 0.3 is 0 Å². The van der Waals surface area contributed by atoms with Crippen molar-refractivity contribution in [3.63, 3.8) is 0 Å². The number of ether oxygens (including phenoxy) is 2. The monoisotopic (exact) mass is 581 g/mol. The second kappa shape index (κ2) is 10.3. The van der Waals surface area contributed by atoms with E-state index in [9.17, 15) is 14.4 Å². The van der Waals surface area contributed by atoms with E-state index in [4.69, 9.17) is 9.47 Å². The lowest BCUT2D eigenvalue weighted by Gasteiger charge is -2.38. The van der Waals surface area contributed by atoms with Crippen LogP contribution in [0, 0.1) is 5.92 Å². The third-order valence-electron chi connectivity index (χ3n) is 10.00. The van der Waals surface area contributed by atoms with Crippen LogP contribution in [-0.2, 0) is 39.4 Å². The predicted octanol–water partition coefficient (Wildman–Crippen LogP) is 2.88. The van der Waals surface area contributed by atoms with E-state index < -0.39 is 6.04 Å². The molecule has 10 nitrogen and oxygen atoms in total. The molecule has 8 rings (SSSR count). The van der Waals surface area contributed by atoms with E-state index in [0.29, 0.717) is 31.1 Å². The number of benzene rings is 2. The molecule has 0 bridgehead atoms. The minimum absolute atomic E-state index is 0.0616. The first-order chi connectivity index (χ1) is 21.0. The van der Waals surface area contributed by atoms with Crippen molar-refractivity contribution in [3.05, 3.63) is 71.0 Å². The molecule has 3 fully saturated rings. The summed E-state index contributed by atoms with van der Waals surface area (Å²) in [5.41, 5.74) is 6.25. The van der Waals surface area contributed by atoms with Crippen molar-refractivity contribution in [2.24, 2.45) is 5.92 Å². The average molecular weight is 582 g/mol. The van der Waals surface area contributed by atoms with E-state index >= 15 is 0 Å². The van der Waals surface area contributed by atoms with Gasteiger partial charge in [-0.25, -0.2) is 0 Å². The number of hydrogen-bond donors (Lipinski definition) is 1. The standard InChI is InChI=1S/C33H35N5O5/c39-29-7-6-28(31(40)35-29)38-17-26-25(32(38)41)4-5-27-30(26)43-20-33(27)8-10-36(11-9-33)14-21-2-1-3-23(12-21)24-13-34-37(16-24)15-22-18-42-19-22/h1-5,12-13,16,22,28H,6-11,14-15,17-20H2,(H,35,39,40)/t28-/m0/s1. The van der Waals surface area contributed by atoms with E-state index in [-0.39, 0.29) is 29.6 Å². The number of imide groups is 1. The van der Waals surface area contributed by atoms with Gasteiger partial charge in [-0.15, -0.1) is 0 Å². The van der Waals surface area contributed by atoms with Crippen LogP contribution >= 0.6 is 0 Å². The molecule has 0 radical (unpaired) electrons. The van der Waals surface area contributed by atoms with E-state index in [1.165, 1.54) is 16.7 Å². The highest BCUT2D eigenvalue weighted by Crippen LogP contribution is 2.49. The number of carbonyl (C=O) groups is 3. The van der Waals surface area contributed by atoms with Crippen molar-refractivity contribution < 1.29 is 23.9 Å². The lowest BCUT2D eigenvalue weighted by molar-refractivity contribution is -0.136. The van der Waals surface area contributed by atoms with Crippen LogP contribution in [0.5, 0.6) is 5.75 Å². The van der Waals surface area contributed by atoms with Gasteiger partial charge in [-0.05, 0) is 55.6 Å². The highest BCUT2D eigenvalue weighted by atomic mass is 16.5. The Hall–Kier alpha value is -4.02. The quantitative estimate of drug-likeness (QED) is 0.447. The molecule has 1 aromatic heterocycles. The van der Waals surface area contributed by atoms with E-state index in [2.05, 4.69) is 51.8 Å². The number of carbonyl (C=O) groups excluding carboxylic acids is 3. The van der Waals surface area contributed by atoms with Gasteiger partial charge in [-0.1, -0.05) is 24.3 Å². The first-order valence-corrected chi connectivity index (χ1v) is 15.3. The number of fused-ring (bicyclic) bond motifs is 4. The van der Waals surface area contributed by atoms with Crippen molar-refractivity contribution in [1.29, 1.82) is 0 Å². The number of amides is 3. The molecule has 3 aromatic rings. The van der Waals surface area contributed by atoms with Gasteiger partial charge in [0.2, 0.25) is 11.8 Å². The molecule has 1 N–H and O–H groups in total. The molecule has 6 heterocycles. The molecular formula is C33H35N5O5. The zero-order chi connectivity index (χ0) is 29.1. The summed E-state index contributed by atoms with van der Waals surface area (Å²) in [4.78, 5) is 41.5. The molecular weight excluding hydrogens is 546 g/mol. The van der Waals surface area contributed by atoms with Crippen molar-refractivity contribution in [2.45, 2.75) is 56.8 Å². The Morgan fingerprint density at radius 3 is 2.70 bits per heavy atom. The van der Waals surface area contributed by atoms with Crippen LogP contribution in [0.4, 0.5) is 0 Å². The van der Waals surface area contributed by atoms with Crippen LogP contribution in [0.15, 0.2) is 48.8 Å². The van der Waals surface area contributed by atoms with Crippen LogP contribution in [0.2, 0.25) is 0 Å². The fourth-order valence-corrected chi connectivity index (χ4v) is 7.41. The third kappa shape index (κ3) is 4.64. The highest BCUT2D eigenvalue weighted by Gasteiger charge is 2.47. The molecule has 43 heavy (non-hydrogen) atoms. The summed E-state index contributed by atoms with van der Waals surface area (Å²) in [5, 5.41) is 6.95. The minimum Gasteiger partial charge on any atom is -0.492 e. The number of likely N-dealkylation sites (tertiary alicyclic amines) is 1. The van der Waals surface area contributed by atoms with Crippen LogP contribution in [0.25, 0.3) is 11.1 Å². The van der Waals surface area contributed by atoms with Gasteiger partial charge in [0.15, 0.2) is 0 Å². The Morgan fingerprint density at radius 1 is 1.05 bits per heavy atom. The summed E-state index contributed by atoms with van der Waals surface area (Å²) in [5.74, 6) is 0.563. The Morgan fingerprint density at radius 2 is 1.91 bits per heavy atom. The smallest absolute Gasteiger partial charge is 0.255 e. The zero-order valence-corrected chi connectivity index (χ0v) is 24.1. The zero-order valence-electron chi connectivity index (χ0n) is 24.1. The number of nitrogens with zero attached hydrogens (tertiary/aromatic N) is 4. The molecule has 1 spiro atoms. The van der Waals surface area contributed by atoms with Crippen LogP contribution < -0.4 is 10.1 Å². The third-order valence-corrected chi connectivity index (χ3v) is 10.00. The summed E-state index contributed by atoms with van der Waals surface area (Å²) >= 11 is 0. The first kappa shape index (κ1) is 26.6. The number of piperidine rings is 2. The number of nitrogens with one attached hydrogen (secondary N) is 1. The number of rotatable bonds is 6. The van der Waals surface area contributed by atoms with E-state index in [1.54, 1.807) is 4.90 Å². The molecule has 0 unspecified atom stereocenters. The first-order valence-electron chi connectivity index (χ1n) is 15.3. The Kier molecular flexibility index (Phi) is 6.38. The minimum atomic E-state index is -0.621. The SMILES string of the molecule is O=C1CC[C@H](N2Cc3c(ccc4c3OCC43CCN(Cc4cccc(-c5cnn(CC6COC6)c5)c4)CC3)C2=O)C(=O)N1. The molecule has 3 saturated heterocycles. The van der Waals surface area contributed by atoms with Gasteiger partial charge in [0.05, 0.1) is 32.6 Å². The molecule has 2 aromatic carbocycles. The van der Waals surface area contributed by atoms with Gasteiger partial charge < -0.3 is 14.4 Å². The van der Waals surface area contributed by atoms with E-state index in [0.717, 1.165) is 69.1 Å². The maximum atomic E-state index is 13.3. The topological polar surface area (TPSA) is 106 Å². The van der Waals surface area contributed by atoms with Crippen LogP contribution in [0.1, 0.15) is 52.7 Å². The molecule has 3 amide bonds. The van der Waals surface area contributed by atoms with E-state index in [1.807, 2.05) is 16.9 Å². The van der Waals surface area contributed by atoms with Crippen molar-refractivity contribution in [3.8, 4) is 16.9 Å². The number of aromatic nitrogens is 2. The van der Waals surface area contributed by atoms with Crippen molar-refractivity contribution in [1.82, 2.24) is 24.9 Å².